The van der Waals surface area contributed by atoms with Crippen molar-refractivity contribution in [3.8, 4) is 0 Å². The van der Waals surface area contributed by atoms with Gasteiger partial charge in [0.15, 0.2) is 0 Å². The van der Waals surface area contributed by atoms with Gasteiger partial charge in [-0.1, -0.05) is 13.0 Å². The lowest BCUT2D eigenvalue weighted by Crippen LogP contribution is -2.28. The van der Waals surface area contributed by atoms with E-state index < -0.39 is 0 Å². The van der Waals surface area contributed by atoms with Gasteiger partial charge in [-0.25, -0.2) is 0 Å². The SMILES string of the molecule is CNC(c1cccnc1)C(C)CN. The molecule has 0 aliphatic carbocycles. The highest BCUT2D eigenvalue weighted by molar-refractivity contribution is 5.14. The zero-order valence-corrected chi connectivity index (χ0v) is 8.20. The van der Waals surface area contributed by atoms with Crippen molar-refractivity contribution in [3.05, 3.63) is 30.1 Å². The molecule has 1 aromatic heterocycles. The highest BCUT2D eigenvalue weighted by atomic mass is 14.9. The number of hydrogen-bond donors (Lipinski definition) is 2. The Morgan fingerprint density at radius 2 is 2.38 bits per heavy atom. The van der Waals surface area contributed by atoms with Crippen LogP contribution in [0.25, 0.3) is 0 Å². The molecule has 0 fully saturated rings. The minimum absolute atomic E-state index is 0.304. The molecule has 0 aromatic carbocycles. The van der Waals surface area contributed by atoms with Crippen molar-refractivity contribution in [2.75, 3.05) is 13.6 Å². The van der Waals surface area contributed by atoms with Gasteiger partial charge in [-0.2, -0.15) is 0 Å². The lowest BCUT2D eigenvalue weighted by atomic mass is 9.96. The smallest absolute Gasteiger partial charge is 0.0370 e. The molecule has 0 radical (unpaired) electrons. The zero-order chi connectivity index (χ0) is 9.68. The number of aromatic nitrogens is 1. The Morgan fingerprint density at radius 1 is 1.62 bits per heavy atom. The normalized spacial score (nSPS) is 15.3. The standard InChI is InChI=1S/C10H17N3/c1-8(6-11)10(12-2)9-4-3-5-13-7-9/h3-5,7-8,10,12H,6,11H2,1-2H3. The maximum absolute atomic E-state index is 5.63. The summed E-state index contributed by atoms with van der Waals surface area (Å²) in [6.45, 7) is 2.81. The summed E-state index contributed by atoms with van der Waals surface area (Å²) in [7, 11) is 1.95. The molecule has 0 bridgehead atoms. The van der Waals surface area contributed by atoms with E-state index in [1.165, 1.54) is 5.56 Å². The second-order valence-electron chi connectivity index (χ2n) is 3.27. The third-order valence-electron chi connectivity index (χ3n) is 2.30. The molecule has 1 rings (SSSR count). The van der Waals surface area contributed by atoms with Crippen LogP contribution in [0.15, 0.2) is 24.5 Å². The average Bonchev–Trinajstić information content (AvgIpc) is 2.20. The summed E-state index contributed by atoms with van der Waals surface area (Å²) in [6, 6.07) is 4.32. The summed E-state index contributed by atoms with van der Waals surface area (Å²) < 4.78 is 0. The maximum atomic E-state index is 5.63. The molecule has 1 aromatic rings. The summed E-state index contributed by atoms with van der Waals surface area (Å²) in [5, 5.41) is 3.25. The van der Waals surface area contributed by atoms with Crippen LogP contribution in [0.3, 0.4) is 0 Å². The number of nitrogens with zero attached hydrogens (tertiary/aromatic N) is 1. The van der Waals surface area contributed by atoms with Gasteiger partial charge in [0.05, 0.1) is 0 Å². The zero-order valence-electron chi connectivity index (χ0n) is 8.20. The van der Waals surface area contributed by atoms with Gasteiger partial charge in [-0.3, -0.25) is 4.98 Å². The van der Waals surface area contributed by atoms with E-state index in [1.54, 1.807) is 6.20 Å². The van der Waals surface area contributed by atoms with E-state index in [2.05, 4.69) is 23.3 Å². The van der Waals surface area contributed by atoms with Gasteiger partial charge in [0.2, 0.25) is 0 Å². The van der Waals surface area contributed by atoms with Crippen LogP contribution in [-0.2, 0) is 0 Å². The van der Waals surface area contributed by atoms with Crippen molar-refractivity contribution in [1.82, 2.24) is 10.3 Å². The molecule has 0 spiro atoms. The number of rotatable bonds is 4. The number of hydrogen-bond acceptors (Lipinski definition) is 3. The van der Waals surface area contributed by atoms with Gasteiger partial charge in [0, 0.05) is 18.4 Å². The first-order valence-electron chi connectivity index (χ1n) is 4.56. The molecule has 1 heterocycles. The van der Waals surface area contributed by atoms with E-state index in [9.17, 15) is 0 Å². The molecule has 0 amide bonds. The molecule has 3 N–H and O–H groups in total. The summed E-state index contributed by atoms with van der Waals surface area (Å²) in [5.74, 6) is 0.425. The van der Waals surface area contributed by atoms with Gasteiger partial charge in [0.1, 0.15) is 0 Å². The van der Waals surface area contributed by atoms with Crippen LogP contribution < -0.4 is 11.1 Å². The van der Waals surface area contributed by atoms with Crippen LogP contribution in [-0.4, -0.2) is 18.6 Å². The molecule has 0 saturated heterocycles. The van der Waals surface area contributed by atoms with Crippen molar-refractivity contribution in [1.29, 1.82) is 0 Å². The minimum atomic E-state index is 0.304. The van der Waals surface area contributed by atoms with Crippen LogP contribution in [0.1, 0.15) is 18.5 Å². The highest BCUT2D eigenvalue weighted by Gasteiger charge is 2.15. The van der Waals surface area contributed by atoms with Gasteiger partial charge in [-0.05, 0) is 31.1 Å². The first-order valence-corrected chi connectivity index (χ1v) is 4.56. The quantitative estimate of drug-likeness (QED) is 0.723. The third-order valence-corrected chi connectivity index (χ3v) is 2.30. The topological polar surface area (TPSA) is 50.9 Å². The fourth-order valence-electron chi connectivity index (χ4n) is 1.48. The molecule has 2 unspecified atom stereocenters. The van der Waals surface area contributed by atoms with Gasteiger partial charge in [-0.15, -0.1) is 0 Å². The Labute approximate surface area is 79.4 Å². The van der Waals surface area contributed by atoms with Gasteiger partial charge < -0.3 is 11.1 Å². The molecule has 2 atom stereocenters. The number of nitrogens with two attached hydrogens (primary N) is 1. The first-order chi connectivity index (χ1) is 6.29. The van der Waals surface area contributed by atoms with Crippen LogP contribution >= 0.6 is 0 Å². The largest absolute Gasteiger partial charge is 0.330 e. The van der Waals surface area contributed by atoms with E-state index >= 15 is 0 Å². The second-order valence-corrected chi connectivity index (χ2v) is 3.27. The van der Waals surface area contributed by atoms with Crippen LogP contribution in [0.2, 0.25) is 0 Å². The Balaban J connectivity index is 2.78. The molecular weight excluding hydrogens is 162 g/mol. The highest BCUT2D eigenvalue weighted by Crippen LogP contribution is 2.19. The van der Waals surface area contributed by atoms with E-state index in [4.69, 9.17) is 5.73 Å². The Hall–Kier alpha value is -0.930. The van der Waals surface area contributed by atoms with Crippen molar-refractivity contribution >= 4 is 0 Å². The van der Waals surface area contributed by atoms with E-state index in [0.29, 0.717) is 18.5 Å². The summed E-state index contributed by atoms with van der Waals surface area (Å²) in [4.78, 5) is 4.09. The van der Waals surface area contributed by atoms with Crippen LogP contribution in [0.5, 0.6) is 0 Å². The number of nitrogens with one attached hydrogen (secondary N) is 1. The fraction of sp³-hybridized carbons (Fsp3) is 0.500. The summed E-state index contributed by atoms with van der Waals surface area (Å²) in [6.07, 6.45) is 3.66. The summed E-state index contributed by atoms with van der Waals surface area (Å²) >= 11 is 0. The molecule has 3 heteroatoms. The van der Waals surface area contributed by atoms with Crippen molar-refractivity contribution in [3.63, 3.8) is 0 Å². The van der Waals surface area contributed by atoms with Crippen molar-refractivity contribution < 1.29 is 0 Å². The van der Waals surface area contributed by atoms with Gasteiger partial charge >= 0.3 is 0 Å². The second kappa shape index (κ2) is 4.94. The average molecular weight is 179 g/mol. The molecule has 3 nitrogen and oxygen atoms in total. The fourth-order valence-corrected chi connectivity index (χ4v) is 1.48. The lowest BCUT2D eigenvalue weighted by molar-refractivity contribution is 0.419. The Bertz CT molecular complexity index is 235. The van der Waals surface area contributed by atoms with Crippen molar-refractivity contribution in [2.24, 2.45) is 11.7 Å². The van der Waals surface area contributed by atoms with Crippen molar-refractivity contribution in [2.45, 2.75) is 13.0 Å². The summed E-state index contributed by atoms with van der Waals surface area (Å²) in [5.41, 5.74) is 6.82. The minimum Gasteiger partial charge on any atom is -0.330 e. The molecular formula is C10H17N3. The molecule has 0 aliphatic heterocycles. The van der Waals surface area contributed by atoms with E-state index in [1.807, 2.05) is 19.3 Å². The molecule has 13 heavy (non-hydrogen) atoms. The third kappa shape index (κ3) is 2.50. The number of pyridine rings is 1. The predicted octanol–water partition coefficient (Wildman–Crippen LogP) is 0.937. The first kappa shape index (κ1) is 10.2. The van der Waals surface area contributed by atoms with Crippen LogP contribution in [0, 0.1) is 5.92 Å². The molecule has 0 saturated carbocycles. The van der Waals surface area contributed by atoms with E-state index in [0.717, 1.165) is 0 Å². The maximum Gasteiger partial charge on any atom is 0.0370 e. The monoisotopic (exact) mass is 179 g/mol. The van der Waals surface area contributed by atoms with Gasteiger partial charge in [0.25, 0.3) is 0 Å². The molecule has 72 valence electrons. The van der Waals surface area contributed by atoms with Crippen LogP contribution in [0.4, 0.5) is 0 Å². The Kier molecular flexibility index (Phi) is 3.86. The predicted molar refractivity (Wildman–Crippen MR) is 54.3 cm³/mol. The molecule has 0 aliphatic rings. The Morgan fingerprint density at radius 3 is 2.85 bits per heavy atom. The van der Waals surface area contributed by atoms with E-state index in [-0.39, 0.29) is 0 Å². The lowest BCUT2D eigenvalue weighted by Gasteiger charge is -2.22.